The minimum absolute atomic E-state index is 0.0375. The van der Waals surface area contributed by atoms with Crippen LogP contribution in [0.25, 0.3) is 0 Å². The Morgan fingerprint density at radius 3 is 2.75 bits per heavy atom. The fourth-order valence-electron chi connectivity index (χ4n) is 2.82. The molecule has 0 N–H and O–H groups in total. The second-order valence-corrected chi connectivity index (χ2v) is 5.20. The Bertz CT molecular complexity index is 664. The second-order valence-electron chi connectivity index (χ2n) is 5.20. The number of fused-ring (bicyclic) bond motifs is 1. The number of carbonyl (C=O) groups excluding carboxylic acids is 1. The average molecular weight is 272 g/mol. The van der Waals surface area contributed by atoms with E-state index in [-0.39, 0.29) is 23.7 Å². The summed E-state index contributed by atoms with van der Waals surface area (Å²) >= 11 is 0. The van der Waals surface area contributed by atoms with Gasteiger partial charge in [-0.05, 0) is 48.6 Å². The van der Waals surface area contributed by atoms with E-state index in [9.17, 15) is 13.6 Å². The van der Waals surface area contributed by atoms with Crippen molar-refractivity contribution in [1.29, 1.82) is 0 Å². The Labute approximate surface area is 116 Å². The summed E-state index contributed by atoms with van der Waals surface area (Å²) in [4.78, 5) is 12.4. The highest BCUT2D eigenvalue weighted by Crippen LogP contribution is 2.28. The molecule has 1 atom stereocenters. The zero-order valence-electron chi connectivity index (χ0n) is 10.9. The monoisotopic (exact) mass is 272 g/mol. The van der Waals surface area contributed by atoms with E-state index in [1.54, 1.807) is 0 Å². The molecule has 0 aromatic heterocycles. The molecule has 1 aliphatic rings. The Kier molecular flexibility index (Phi) is 3.35. The number of Topliss-reactive ketones (excluding diaryl/α,β-unsaturated/α-hetero) is 1. The highest BCUT2D eigenvalue weighted by molar-refractivity contribution is 6.00. The van der Waals surface area contributed by atoms with Crippen LogP contribution in [-0.2, 0) is 12.8 Å². The van der Waals surface area contributed by atoms with Crippen molar-refractivity contribution >= 4 is 5.78 Å². The molecule has 0 amide bonds. The van der Waals surface area contributed by atoms with Crippen LogP contribution >= 0.6 is 0 Å². The number of hydrogen-bond donors (Lipinski definition) is 0. The maximum atomic E-state index is 13.7. The minimum Gasteiger partial charge on any atom is -0.294 e. The van der Waals surface area contributed by atoms with Crippen molar-refractivity contribution in [2.75, 3.05) is 0 Å². The first kappa shape index (κ1) is 13.0. The van der Waals surface area contributed by atoms with Gasteiger partial charge in [-0.3, -0.25) is 4.79 Å². The first-order valence-corrected chi connectivity index (χ1v) is 6.71. The number of hydrogen-bond acceptors (Lipinski definition) is 1. The van der Waals surface area contributed by atoms with E-state index in [1.165, 1.54) is 6.07 Å². The zero-order chi connectivity index (χ0) is 14.1. The summed E-state index contributed by atoms with van der Waals surface area (Å²) in [5.41, 5.74) is 2.05. The zero-order valence-corrected chi connectivity index (χ0v) is 10.9. The van der Waals surface area contributed by atoms with Gasteiger partial charge in [0.25, 0.3) is 0 Å². The molecule has 20 heavy (non-hydrogen) atoms. The lowest BCUT2D eigenvalue weighted by molar-refractivity contribution is 0.0901. The van der Waals surface area contributed by atoms with Crippen LogP contribution in [0, 0.1) is 17.6 Å². The van der Waals surface area contributed by atoms with E-state index in [2.05, 4.69) is 0 Å². The van der Waals surface area contributed by atoms with Crippen LogP contribution in [-0.4, -0.2) is 5.78 Å². The van der Waals surface area contributed by atoms with E-state index in [1.807, 2.05) is 24.3 Å². The van der Waals surface area contributed by atoms with Gasteiger partial charge < -0.3 is 0 Å². The predicted octanol–water partition coefficient (Wildman–Crippen LogP) is 3.95. The van der Waals surface area contributed by atoms with Gasteiger partial charge in [-0.2, -0.15) is 0 Å². The fraction of sp³-hybridized carbons (Fsp3) is 0.235. The molecule has 0 aliphatic heterocycles. The molecular weight excluding hydrogens is 258 g/mol. The molecule has 3 rings (SSSR count). The third kappa shape index (κ3) is 2.36. The van der Waals surface area contributed by atoms with E-state index >= 15 is 0 Å². The third-order valence-electron chi connectivity index (χ3n) is 3.89. The van der Waals surface area contributed by atoms with Gasteiger partial charge in [0.1, 0.15) is 11.6 Å². The largest absolute Gasteiger partial charge is 0.294 e. The topological polar surface area (TPSA) is 17.1 Å². The Balaban J connectivity index is 1.86. The van der Waals surface area contributed by atoms with Gasteiger partial charge >= 0.3 is 0 Å². The van der Waals surface area contributed by atoms with Gasteiger partial charge in [0.2, 0.25) is 0 Å². The number of carbonyl (C=O) groups is 1. The molecule has 0 saturated carbocycles. The molecular formula is C17H14F2O. The van der Waals surface area contributed by atoms with Gasteiger partial charge in [-0.25, -0.2) is 8.78 Å². The van der Waals surface area contributed by atoms with Crippen molar-refractivity contribution in [3.8, 4) is 0 Å². The van der Waals surface area contributed by atoms with Crippen LogP contribution in [0.3, 0.4) is 0 Å². The molecule has 0 spiro atoms. The summed E-state index contributed by atoms with van der Waals surface area (Å²) in [7, 11) is 0. The molecule has 0 saturated heterocycles. The van der Waals surface area contributed by atoms with E-state index in [4.69, 9.17) is 0 Å². The maximum absolute atomic E-state index is 13.7. The smallest absolute Gasteiger partial charge is 0.166 e. The lowest BCUT2D eigenvalue weighted by atomic mass is 9.80. The van der Waals surface area contributed by atoms with Crippen molar-refractivity contribution < 1.29 is 13.6 Å². The van der Waals surface area contributed by atoms with Gasteiger partial charge in [-0.1, -0.05) is 24.3 Å². The number of rotatable bonds is 2. The molecule has 2 aromatic carbocycles. The fourth-order valence-corrected chi connectivity index (χ4v) is 2.82. The SMILES string of the molecule is O=C1c2ccccc2CCC1Cc1cc(F)ccc1F. The van der Waals surface area contributed by atoms with Gasteiger partial charge in [0, 0.05) is 11.5 Å². The van der Waals surface area contributed by atoms with Crippen molar-refractivity contribution in [2.24, 2.45) is 5.92 Å². The van der Waals surface area contributed by atoms with Gasteiger partial charge in [0.15, 0.2) is 5.78 Å². The maximum Gasteiger partial charge on any atom is 0.166 e. The summed E-state index contributed by atoms with van der Waals surface area (Å²) in [5.74, 6) is -1.14. The Hall–Kier alpha value is -2.03. The van der Waals surface area contributed by atoms with Crippen LogP contribution in [0.4, 0.5) is 8.78 Å². The molecule has 102 valence electrons. The van der Waals surface area contributed by atoms with Crippen molar-refractivity contribution in [2.45, 2.75) is 19.3 Å². The van der Waals surface area contributed by atoms with E-state index in [0.717, 1.165) is 29.7 Å². The Morgan fingerprint density at radius 1 is 1.10 bits per heavy atom. The van der Waals surface area contributed by atoms with Crippen molar-refractivity contribution in [3.05, 3.63) is 70.8 Å². The van der Waals surface area contributed by atoms with Crippen LogP contribution in [0.5, 0.6) is 0 Å². The first-order chi connectivity index (χ1) is 9.65. The molecule has 0 fully saturated rings. The number of ketones is 1. The normalized spacial score (nSPS) is 17.9. The van der Waals surface area contributed by atoms with Gasteiger partial charge in [0.05, 0.1) is 0 Å². The summed E-state index contributed by atoms with van der Waals surface area (Å²) in [6, 6.07) is 10.9. The molecule has 0 bridgehead atoms. The first-order valence-electron chi connectivity index (χ1n) is 6.71. The second kappa shape index (κ2) is 5.16. The van der Waals surface area contributed by atoms with Crippen LogP contribution in [0.2, 0.25) is 0 Å². The summed E-state index contributed by atoms with van der Waals surface area (Å²) in [6.07, 6.45) is 1.76. The minimum atomic E-state index is -0.468. The average Bonchev–Trinajstić information content (AvgIpc) is 2.46. The summed E-state index contributed by atoms with van der Waals surface area (Å²) in [5, 5.41) is 0. The standard InChI is InChI=1S/C17H14F2O/c18-14-7-8-16(19)13(10-14)9-12-6-5-11-3-1-2-4-15(11)17(12)20/h1-4,7-8,10,12H,5-6,9H2. The number of halogens is 2. The van der Waals surface area contributed by atoms with Gasteiger partial charge in [-0.15, -0.1) is 0 Å². The van der Waals surface area contributed by atoms with Crippen molar-refractivity contribution in [1.82, 2.24) is 0 Å². The lowest BCUT2D eigenvalue weighted by Gasteiger charge is -2.23. The molecule has 1 unspecified atom stereocenters. The highest BCUT2D eigenvalue weighted by atomic mass is 19.1. The number of benzene rings is 2. The molecule has 0 heterocycles. The molecule has 0 radical (unpaired) electrons. The molecule has 3 heteroatoms. The number of aryl methyl sites for hydroxylation is 1. The summed E-state index contributed by atoms with van der Waals surface area (Å²) < 4.78 is 26.9. The molecule has 2 aromatic rings. The van der Waals surface area contributed by atoms with Crippen LogP contribution in [0.1, 0.15) is 27.9 Å². The molecule has 1 aliphatic carbocycles. The van der Waals surface area contributed by atoms with E-state index < -0.39 is 11.6 Å². The van der Waals surface area contributed by atoms with Crippen LogP contribution in [0.15, 0.2) is 42.5 Å². The predicted molar refractivity (Wildman–Crippen MR) is 72.6 cm³/mol. The highest BCUT2D eigenvalue weighted by Gasteiger charge is 2.27. The van der Waals surface area contributed by atoms with Crippen molar-refractivity contribution in [3.63, 3.8) is 0 Å². The Morgan fingerprint density at radius 2 is 1.90 bits per heavy atom. The lowest BCUT2D eigenvalue weighted by Crippen LogP contribution is -2.24. The van der Waals surface area contributed by atoms with Crippen LogP contribution < -0.4 is 0 Å². The summed E-state index contributed by atoms with van der Waals surface area (Å²) in [6.45, 7) is 0. The van der Waals surface area contributed by atoms with E-state index in [0.29, 0.717) is 6.42 Å². The molecule has 1 nitrogen and oxygen atoms in total. The third-order valence-corrected chi connectivity index (χ3v) is 3.89. The quantitative estimate of drug-likeness (QED) is 0.809.